The van der Waals surface area contributed by atoms with Crippen molar-refractivity contribution >= 4 is 5.97 Å². The highest BCUT2D eigenvalue weighted by atomic mass is 16.5. The van der Waals surface area contributed by atoms with E-state index in [-0.39, 0.29) is 0 Å². The number of para-hydroxylation sites is 1. The number of aryl methyl sites for hydroxylation is 2. The van der Waals surface area contributed by atoms with Gasteiger partial charge < -0.3 is 9.84 Å². The average Bonchev–Trinajstić information content (AvgIpc) is 2.47. The number of carboxylic acids is 1. The van der Waals surface area contributed by atoms with Gasteiger partial charge in [0.25, 0.3) is 0 Å². The number of hydrogen-bond donors (Lipinski definition) is 1. The lowest BCUT2D eigenvalue weighted by molar-refractivity contribution is -0.138. The largest absolute Gasteiger partial charge is 0.494 e. The van der Waals surface area contributed by atoms with Gasteiger partial charge in [-0.15, -0.1) is 0 Å². The maximum absolute atomic E-state index is 11.8. The van der Waals surface area contributed by atoms with Crippen LogP contribution < -0.4 is 4.74 Å². The predicted molar refractivity (Wildman–Crippen MR) is 87.6 cm³/mol. The van der Waals surface area contributed by atoms with Crippen molar-refractivity contribution in [2.45, 2.75) is 33.1 Å². The van der Waals surface area contributed by atoms with Crippen molar-refractivity contribution in [3.63, 3.8) is 0 Å². The van der Waals surface area contributed by atoms with Gasteiger partial charge in [0.15, 0.2) is 0 Å². The Morgan fingerprint density at radius 2 is 1.91 bits per heavy atom. The normalized spacial score (nSPS) is 12.0. The number of ether oxygens (including phenoxy) is 1. The summed E-state index contributed by atoms with van der Waals surface area (Å²) in [4.78, 5) is 11.8. The Morgan fingerprint density at radius 1 is 1.18 bits per heavy atom. The van der Waals surface area contributed by atoms with E-state index in [9.17, 15) is 9.90 Å². The molecular weight excluding hydrogens is 276 g/mol. The first-order chi connectivity index (χ1) is 10.5. The van der Waals surface area contributed by atoms with Crippen molar-refractivity contribution in [2.24, 2.45) is 0 Å². The first-order valence-corrected chi connectivity index (χ1v) is 7.53. The fourth-order valence-electron chi connectivity index (χ4n) is 2.74. The molecule has 0 fully saturated rings. The highest BCUT2D eigenvalue weighted by Crippen LogP contribution is 2.29. The molecule has 0 heterocycles. The summed E-state index contributed by atoms with van der Waals surface area (Å²) in [6.07, 6.45) is 0.426. The lowest BCUT2D eigenvalue weighted by atomic mass is 9.88. The Labute approximate surface area is 131 Å². The maximum Gasteiger partial charge on any atom is 0.311 e. The van der Waals surface area contributed by atoms with E-state index >= 15 is 0 Å². The van der Waals surface area contributed by atoms with Crippen LogP contribution in [0.5, 0.6) is 5.75 Å². The van der Waals surface area contributed by atoms with E-state index in [0.29, 0.717) is 13.0 Å². The zero-order valence-corrected chi connectivity index (χ0v) is 13.3. The van der Waals surface area contributed by atoms with Gasteiger partial charge in [-0.25, -0.2) is 0 Å². The van der Waals surface area contributed by atoms with Crippen LogP contribution in [0, 0.1) is 13.8 Å². The van der Waals surface area contributed by atoms with Gasteiger partial charge in [0.05, 0.1) is 12.5 Å². The van der Waals surface area contributed by atoms with Gasteiger partial charge in [0, 0.05) is 0 Å². The summed E-state index contributed by atoms with van der Waals surface area (Å²) in [6.45, 7) is 6.47. The Kier molecular flexibility index (Phi) is 5.21. The van der Waals surface area contributed by atoms with E-state index in [1.165, 1.54) is 0 Å². The maximum atomic E-state index is 11.8. The molecule has 3 nitrogen and oxygen atoms in total. The van der Waals surface area contributed by atoms with Gasteiger partial charge in [-0.2, -0.15) is 0 Å². The monoisotopic (exact) mass is 298 g/mol. The van der Waals surface area contributed by atoms with Crippen molar-refractivity contribution in [1.82, 2.24) is 0 Å². The van der Waals surface area contributed by atoms with Crippen LogP contribution in [-0.4, -0.2) is 17.7 Å². The minimum Gasteiger partial charge on any atom is -0.494 e. The van der Waals surface area contributed by atoms with E-state index in [1.54, 1.807) is 0 Å². The molecule has 1 unspecified atom stereocenters. The van der Waals surface area contributed by atoms with E-state index in [1.807, 2.05) is 63.2 Å². The molecular formula is C19H22O3. The molecule has 0 aliphatic heterocycles. The van der Waals surface area contributed by atoms with Crippen LogP contribution in [0.2, 0.25) is 0 Å². The molecule has 0 saturated heterocycles. The SMILES string of the molecule is CCOc1ccccc1CC(C(=O)O)c1ccc(C)cc1C. The van der Waals surface area contributed by atoms with Gasteiger partial charge in [0.1, 0.15) is 5.75 Å². The third-order valence-corrected chi connectivity index (χ3v) is 3.80. The highest BCUT2D eigenvalue weighted by molar-refractivity contribution is 5.77. The number of hydrogen-bond acceptors (Lipinski definition) is 2. The minimum absolute atomic E-state index is 0.426. The third kappa shape index (κ3) is 3.67. The van der Waals surface area contributed by atoms with Crippen molar-refractivity contribution < 1.29 is 14.6 Å². The predicted octanol–water partition coefficient (Wildman–Crippen LogP) is 4.11. The van der Waals surface area contributed by atoms with Gasteiger partial charge in [-0.1, -0.05) is 42.0 Å². The van der Waals surface area contributed by atoms with Crippen LogP contribution >= 0.6 is 0 Å². The molecule has 1 N–H and O–H groups in total. The Bertz CT molecular complexity index is 661. The fraction of sp³-hybridized carbons (Fsp3) is 0.316. The molecule has 0 radical (unpaired) electrons. The summed E-state index contributed by atoms with van der Waals surface area (Å²) in [6, 6.07) is 13.6. The Hall–Kier alpha value is -2.29. The third-order valence-electron chi connectivity index (χ3n) is 3.80. The molecule has 0 aliphatic carbocycles. The number of carboxylic acid groups (broad SMARTS) is 1. The standard InChI is InChI=1S/C19H22O3/c1-4-22-18-8-6-5-7-15(18)12-17(19(20)21)16-10-9-13(2)11-14(16)3/h5-11,17H,4,12H2,1-3H3,(H,20,21). The van der Waals surface area contributed by atoms with Crippen molar-refractivity contribution in [2.75, 3.05) is 6.61 Å². The summed E-state index contributed by atoms with van der Waals surface area (Å²) in [7, 11) is 0. The molecule has 2 aromatic carbocycles. The van der Waals surface area contributed by atoms with Crippen molar-refractivity contribution in [3.8, 4) is 5.75 Å². The van der Waals surface area contributed by atoms with Crippen LogP contribution in [0.1, 0.15) is 35.1 Å². The molecule has 1 atom stereocenters. The summed E-state index contributed by atoms with van der Waals surface area (Å²) in [5.41, 5.74) is 3.95. The van der Waals surface area contributed by atoms with Crippen LogP contribution in [-0.2, 0) is 11.2 Å². The summed E-state index contributed by atoms with van der Waals surface area (Å²) >= 11 is 0. The second kappa shape index (κ2) is 7.12. The number of rotatable bonds is 6. The van der Waals surface area contributed by atoms with Crippen LogP contribution in [0.3, 0.4) is 0 Å². The number of aliphatic carboxylic acids is 1. The van der Waals surface area contributed by atoms with Gasteiger partial charge >= 0.3 is 5.97 Å². The van der Waals surface area contributed by atoms with E-state index in [0.717, 1.165) is 28.0 Å². The zero-order valence-electron chi connectivity index (χ0n) is 13.3. The Balaban J connectivity index is 2.36. The number of carbonyl (C=O) groups is 1. The lowest BCUT2D eigenvalue weighted by Crippen LogP contribution is -2.16. The smallest absolute Gasteiger partial charge is 0.311 e. The molecule has 2 aromatic rings. The second-order valence-electron chi connectivity index (χ2n) is 5.50. The fourth-order valence-corrected chi connectivity index (χ4v) is 2.74. The molecule has 0 aromatic heterocycles. The first-order valence-electron chi connectivity index (χ1n) is 7.53. The van der Waals surface area contributed by atoms with Gasteiger partial charge in [-0.3, -0.25) is 4.79 Å². The first kappa shape index (κ1) is 16.1. The summed E-state index contributed by atoms with van der Waals surface area (Å²) in [5, 5.41) is 9.66. The molecule has 3 heteroatoms. The molecule has 22 heavy (non-hydrogen) atoms. The molecule has 0 aliphatic rings. The van der Waals surface area contributed by atoms with Gasteiger partial charge in [0.2, 0.25) is 0 Å². The summed E-state index contributed by atoms with van der Waals surface area (Å²) < 4.78 is 5.61. The van der Waals surface area contributed by atoms with E-state index in [2.05, 4.69) is 0 Å². The van der Waals surface area contributed by atoms with E-state index in [4.69, 9.17) is 4.74 Å². The van der Waals surface area contributed by atoms with Crippen LogP contribution in [0.25, 0.3) is 0 Å². The van der Waals surface area contributed by atoms with Crippen molar-refractivity contribution in [3.05, 3.63) is 64.7 Å². The van der Waals surface area contributed by atoms with Crippen LogP contribution in [0.4, 0.5) is 0 Å². The van der Waals surface area contributed by atoms with E-state index < -0.39 is 11.9 Å². The lowest BCUT2D eigenvalue weighted by Gasteiger charge is -2.18. The molecule has 0 spiro atoms. The average molecular weight is 298 g/mol. The minimum atomic E-state index is -0.807. The van der Waals surface area contributed by atoms with Crippen molar-refractivity contribution in [1.29, 1.82) is 0 Å². The van der Waals surface area contributed by atoms with Gasteiger partial charge in [-0.05, 0) is 49.9 Å². The highest BCUT2D eigenvalue weighted by Gasteiger charge is 2.23. The number of benzene rings is 2. The Morgan fingerprint density at radius 3 is 2.55 bits per heavy atom. The molecule has 116 valence electrons. The summed E-state index contributed by atoms with van der Waals surface area (Å²) in [5.74, 6) is -0.610. The molecule has 0 saturated carbocycles. The molecule has 2 rings (SSSR count). The van der Waals surface area contributed by atoms with Crippen LogP contribution in [0.15, 0.2) is 42.5 Å². The second-order valence-corrected chi connectivity index (χ2v) is 5.50. The quantitative estimate of drug-likeness (QED) is 0.873. The topological polar surface area (TPSA) is 46.5 Å². The molecule has 0 amide bonds. The molecule has 0 bridgehead atoms. The zero-order chi connectivity index (χ0) is 16.1.